The fourth-order valence-electron chi connectivity index (χ4n) is 6.67. The number of benzene rings is 6. The summed E-state index contributed by atoms with van der Waals surface area (Å²) in [5, 5.41) is 27.9. The lowest BCUT2D eigenvalue weighted by atomic mass is 9.78. The molecule has 198 valence electrons. The van der Waals surface area contributed by atoms with Crippen molar-refractivity contribution in [1.29, 1.82) is 0 Å². The van der Waals surface area contributed by atoms with Gasteiger partial charge >= 0.3 is 0 Å². The first-order chi connectivity index (χ1) is 20.4. The van der Waals surface area contributed by atoms with Gasteiger partial charge in [0.1, 0.15) is 0 Å². The molecule has 0 saturated heterocycles. The van der Waals surface area contributed by atoms with E-state index >= 15 is 0 Å². The van der Waals surface area contributed by atoms with E-state index in [1.165, 1.54) is 0 Å². The maximum Gasteiger partial charge on any atom is 0.285 e. The Morgan fingerprint density at radius 1 is 0.429 bits per heavy atom. The van der Waals surface area contributed by atoms with Crippen molar-refractivity contribution in [2.24, 2.45) is 0 Å². The molecule has 0 fully saturated rings. The van der Waals surface area contributed by atoms with Gasteiger partial charge in [-0.2, -0.15) is 0 Å². The molecule has 6 aromatic rings. The van der Waals surface area contributed by atoms with Crippen molar-refractivity contribution in [2.45, 2.75) is 0 Å². The molecule has 8 heteroatoms. The van der Waals surface area contributed by atoms with Gasteiger partial charge in [-0.05, 0) is 22.9 Å². The van der Waals surface area contributed by atoms with Crippen molar-refractivity contribution in [1.82, 2.24) is 0 Å². The van der Waals surface area contributed by atoms with Crippen molar-refractivity contribution in [2.75, 3.05) is 0 Å². The molecule has 0 bridgehead atoms. The lowest BCUT2D eigenvalue weighted by Gasteiger charge is -2.23. The molecule has 2 aliphatic rings. The standard InChI is InChI=1S/C34H16N2O6/c37-33-21-11-3-1-9-19(21)29-27-17(7-5-13-23(27)33)15-25(31(29)35(39)40)26-16-18-8-6-14-24-28(18)30(32(26)36(41)42)20-10-2-4-12-22(20)34(24)38/h1-16H. The summed E-state index contributed by atoms with van der Waals surface area (Å²) < 4.78 is 0. The first kappa shape index (κ1) is 23.8. The summed E-state index contributed by atoms with van der Waals surface area (Å²) in [6.07, 6.45) is 0. The van der Waals surface area contributed by atoms with Crippen LogP contribution in [-0.2, 0) is 0 Å². The number of hydrogen-bond acceptors (Lipinski definition) is 6. The summed E-state index contributed by atoms with van der Waals surface area (Å²) in [6, 6.07) is 26.7. The summed E-state index contributed by atoms with van der Waals surface area (Å²) >= 11 is 0. The predicted molar refractivity (Wildman–Crippen MR) is 158 cm³/mol. The monoisotopic (exact) mass is 548 g/mol. The van der Waals surface area contributed by atoms with E-state index in [1.807, 2.05) is 0 Å². The molecule has 0 aromatic heterocycles. The van der Waals surface area contributed by atoms with Gasteiger partial charge in [0.05, 0.1) is 32.1 Å². The molecular formula is C34H16N2O6. The van der Waals surface area contributed by atoms with E-state index in [9.17, 15) is 29.8 Å². The SMILES string of the molecule is O=C1c2ccccc2-c2c([N+](=O)[O-])c(-c3cc4cccc5c4c(c3[N+](=O)[O-])-c3ccccc3C5=O)cc3cccc1c23. The highest BCUT2D eigenvalue weighted by Crippen LogP contribution is 2.54. The largest absolute Gasteiger partial charge is 0.289 e. The Labute approximate surface area is 236 Å². The molecular weight excluding hydrogens is 532 g/mol. The lowest BCUT2D eigenvalue weighted by Crippen LogP contribution is -2.13. The predicted octanol–water partition coefficient (Wildman–Crippen LogP) is 7.90. The topological polar surface area (TPSA) is 120 Å². The highest BCUT2D eigenvalue weighted by atomic mass is 16.6. The first-order valence-electron chi connectivity index (χ1n) is 13.1. The van der Waals surface area contributed by atoms with Gasteiger partial charge in [0.15, 0.2) is 11.6 Å². The average Bonchev–Trinajstić information content (AvgIpc) is 3.00. The molecule has 0 amide bonds. The van der Waals surface area contributed by atoms with Crippen LogP contribution in [0.25, 0.3) is 54.9 Å². The quantitative estimate of drug-likeness (QED) is 0.163. The van der Waals surface area contributed by atoms with Gasteiger partial charge in [0, 0.05) is 44.2 Å². The summed E-state index contributed by atoms with van der Waals surface area (Å²) in [4.78, 5) is 51.7. The molecule has 8 rings (SSSR count). The fraction of sp³-hybridized carbons (Fsp3) is 0. The number of rotatable bonds is 3. The third-order valence-electron chi connectivity index (χ3n) is 8.30. The van der Waals surface area contributed by atoms with Crippen LogP contribution in [-0.4, -0.2) is 21.4 Å². The molecule has 8 nitrogen and oxygen atoms in total. The second kappa shape index (κ2) is 8.25. The Morgan fingerprint density at radius 2 is 0.786 bits per heavy atom. The van der Waals surface area contributed by atoms with Gasteiger partial charge in [-0.25, -0.2) is 0 Å². The van der Waals surface area contributed by atoms with Gasteiger partial charge in [-0.1, -0.05) is 84.9 Å². The normalized spacial score (nSPS) is 12.8. The molecule has 0 heterocycles. The maximum atomic E-state index is 13.4. The van der Waals surface area contributed by atoms with Crippen molar-refractivity contribution in [3.63, 3.8) is 0 Å². The van der Waals surface area contributed by atoms with Gasteiger partial charge in [0.25, 0.3) is 11.4 Å². The Bertz CT molecular complexity index is 2140. The second-order valence-electron chi connectivity index (χ2n) is 10.4. The average molecular weight is 549 g/mol. The van der Waals surface area contributed by atoms with Crippen LogP contribution in [0.2, 0.25) is 0 Å². The van der Waals surface area contributed by atoms with Gasteiger partial charge in [0.2, 0.25) is 0 Å². The van der Waals surface area contributed by atoms with Crippen molar-refractivity contribution < 1.29 is 19.4 Å². The minimum Gasteiger partial charge on any atom is -0.289 e. The van der Waals surface area contributed by atoms with Gasteiger partial charge in [-0.15, -0.1) is 0 Å². The Balaban J connectivity index is 1.60. The zero-order valence-electron chi connectivity index (χ0n) is 21.6. The van der Waals surface area contributed by atoms with Crippen LogP contribution in [0.1, 0.15) is 31.8 Å². The van der Waals surface area contributed by atoms with E-state index < -0.39 is 9.85 Å². The second-order valence-corrected chi connectivity index (χ2v) is 10.4. The third kappa shape index (κ3) is 2.95. The number of hydrogen-bond donors (Lipinski definition) is 0. The summed E-state index contributed by atoms with van der Waals surface area (Å²) in [6.45, 7) is 0. The number of nitro benzene ring substituents is 2. The minimum absolute atomic E-state index is 0.0634. The Hall–Kier alpha value is -6.02. The molecule has 0 saturated carbocycles. The fourth-order valence-corrected chi connectivity index (χ4v) is 6.67. The van der Waals surface area contributed by atoms with Gasteiger partial charge < -0.3 is 0 Å². The molecule has 0 N–H and O–H groups in total. The molecule has 6 aromatic carbocycles. The lowest BCUT2D eigenvalue weighted by molar-refractivity contribution is -0.385. The molecule has 0 radical (unpaired) electrons. The van der Waals surface area contributed by atoms with Crippen LogP contribution in [0, 0.1) is 20.2 Å². The summed E-state index contributed by atoms with van der Waals surface area (Å²) in [5.41, 5.74) is 2.16. The van der Waals surface area contributed by atoms with Crippen LogP contribution < -0.4 is 0 Å². The number of nitrogens with zero attached hydrogens (tertiary/aromatic N) is 2. The molecule has 0 unspecified atom stereocenters. The van der Waals surface area contributed by atoms with E-state index in [4.69, 9.17) is 0 Å². The van der Waals surface area contributed by atoms with Crippen LogP contribution in [0.3, 0.4) is 0 Å². The Morgan fingerprint density at radius 3 is 1.17 bits per heavy atom. The molecule has 42 heavy (non-hydrogen) atoms. The maximum absolute atomic E-state index is 13.4. The number of carbonyl (C=O) groups is 2. The van der Waals surface area contributed by atoms with E-state index in [1.54, 1.807) is 97.1 Å². The number of ketones is 2. The van der Waals surface area contributed by atoms with E-state index in [2.05, 4.69) is 0 Å². The number of nitro groups is 2. The van der Waals surface area contributed by atoms with Crippen molar-refractivity contribution in [3.05, 3.63) is 140 Å². The zero-order chi connectivity index (χ0) is 28.9. The number of carbonyl (C=O) groups excluding carboxylic acids is 2. The van der Waals surface area contributed by atoms with Crippen molar-refractivity contribution >= 4 is 44.5 Å². The molecule has 0 aliphatic heterocycles. The third-order valence-corrected chi connectivity index (χ3v) is 8.30. The zero-order valence-corrected chi connectivity index (χ0v) is 21.6. The van der Waals surface area contributed by atoms with E-state index in [0.717, 1.165) is 0 Å². The molecule has 2 aliphatic carbocycles. The van der Waals surface area contributed by atoms with Crippen LogP contribution in [0.15, 0.2) is 97.1 Å². The van der Waals surface area contributed by atoms with Gasteiger partial charge in [-0.3, -0.25) is 29.8 Å². The van der Waals surface area contributed by atoms with Crippen LogP contribution in [0.4, 0.5) is 11.4 Å². The van der Waals surface area contributed by atoms with E-state index in [0.29, 0.717) is 54.9 Å². The minimum atomic E-state index is -0.527. The molecule has 0 spiro atoms. The van der Waals surface area contributed by atoms with E-state index in [-0.39, 0.29) is 45.2 Å². The summed E-state index contributed by atoms with van der Waals surface area (Å²) in [5.74, 6) is -0.471. The van der Waals surface area contributed by atoms with Crippen LogP contribution in [0.5, 0.6) is 0 Å². The van der Waals surface area contributed by atoms with Crippen molar-refractivity contribution in [3.8, 4) is 33.4 Å². The summed E-state index contributed by atoms with van der Waals surface area (Å²) in [7, 11) is 0. The number of fused-ring (bicyclic) bond motifs is 4. The smallest absolute Gasteiger partial charge is 0.285 e. The highest BCUT2D eigenvalue weighted by Gasteiger charge is 2.38. The first-order valence-corrected chi connectivity index (χ1v) is 13.1. The Kier molecular flexibility index (Phi) is 4.68. The molecule has 0 atom stereocenters. The van der Waals surface area contributed by atoms with Crippen LogP contribution >= 0.6 is 0 Å². The highest BCUT2D eigenvalue weighted by molar-refractivity contribution is 6.30.